The van der Waals surface area contributed by atoms with Gasteiger partial charge in [-0.15, -0.1) is 11.3 Å². The highest BCUT2D eigenvalue weighted by molar-refractivity contribution is 9.13. The Morgan fingerprint density at radius 3 is 2.60 bits per heavy atom. The molecular weight excluding hydrogens is 410 g/mol. The van der Waals surface area contributed by atoms with Crippen LogP contribution in [0.1, 0.15) is 37.6 Å². The van der Waals surface area contributed by atoms with Gasteiger partial charge in [0.05, 0.1) is 15.7 Å². The molecule has 20 heavy (non-hydrogen) atoms. The third-order valence-corrected chi connectivity index (χ3v) is 6.79. The Morgan fingerprint density at radius 1 is 1.50 bits per heavy atom. The van der Waals surface area contributed by atoms with Crippen molar-refractivity contribution in [2.45, 2.75) is 38.8 Å². The number of amides is 1. The van der Waals surface area contributed by atoms with Crippen molar-refractivity contribution in [3.05, 3.63) is 19.2 Å². The van der Waals surface area contributed by atoms with Gasteiger partial charge >= 0.3 is 5.97 Å². The lowest BCUT2D eigenvalue weighted by atomic mass is 9.87. The number of carbonyl (C=O) groups excluding carboxylic acids is 1. The summed E-state index contributed by atoms with van der Waals surface area (Å²) in [5.41, 5.74) is 0. The summed E-state index contributed by atoms with van der Waals surface area (Å²) in [6.45, 7) is 3.85. The Hall–Kier alpha value is -0.400. The van der Waals surface area contributed by atoms with Crippen LogP contribution in [0.3, 0.4) is 0 Å². The van der Waals surface area contributed by atoms with E-state index in [1.807, 2.05) is 19.9 Å². The largest absolute Gasteiger partial charge is 0.481 e. The predicted octanol–water partition coefficient (Wildman–Crippen LogP) is 4.05. The zero-order valence-corrected chi connectivity index (χ0v) is 15.1. The maximum absolute atomic E-state index is 12.2. The summed E-state index contributed by atoms with van der Waals surface area (Å²) in [5, 5.41) is 9.48. The van der Waals surface area contributed by atoms with Gasteiger partial charge in [-0.1, -0.05) is 0 Å². The van der Waals surface area contributed by atoms with E-state index in [4.69, 9.17) is 0 Å². The number of carbonyl (C=O) groups is 2. The summed E-state index contributed by atoms with van der Waals surface area (Å²) in [7, 11) is 0. The molecule has 1 aromatic heterocycles. The number of aliphatic carboxylic acids is 1. The van der Waals surface area contributed by atoms with Gasteiger partial charge in [0.2, 0.25) is 5.91 Å². The topological polar surface area (TPSA) is 57.6 Å². The van der Waals surface area contributed by atoms with E-state index in [2.05, 4.69) is 31.9 Å². The summed E-state index contributed by atoms with van der Waals surface area (Å²) in [4.78, 5) is 26.4. The van der Waals surface area contributed by atoms with Gasteiger partial charge in [-0.3, -0.25) is 9.59 Å². The van der Waals surface area contributed by atoms with E-state index in [1.54, 1.807) is 4.90 Å². The van der Waals surface area contributed by atoms with Crippen LogP contribution in [-0.2, 0) is 9.59 Å². The molecule has 4 nitrogen and oxygen atoms in total. The van der Waals surface area contributed by atoms with E-state index < -0.39 is 11.9 Å². The van der Waals surface area contributed by atoms with Gasteiger partial charge in [-0.2, -0.15) is 0 Å². The molecule has 2 atom stereocenters. The maximum Gasteiger partial charge on any atom is 0.308 e. The molecule has 2 rings (SSSR count). The van der Waals surface area contributed by atoms with Crippen molar-refractivity contribution in [2.24, 2.45) is 5.92 Å². The van der Waals surface area contributed by atoms with Gasteiger partial charge in [0.1, 0.15) is 0 Å². The minimum absolute atomic E-state index is 0.0192. The van der Waals surface area contributed by atoms with Gasteiger partial charge in [-0.25, -0.2) is 0 Å². The number of nitrogens with zero attached hydrogens (tertiary/aromatic N) is 1. The first-order valence-corrected chi connectivity index (χ1v) is 8.72. The van der Waals surface area contributed by atoms with E-state index >= 15 is 0 Å². The van der Waals surface area contributed by atoms with Crippen LogP contribution in [-0.4, -0.2) is 27.9 Å². The van der Waals surface area contributed by atoms with E-state index in [0.717, 1.165) is 13.1 Å². The van der Waals surface area contributed by atoms with Crippen molar-refractivity contribution in [1.29, 1.82) is 0 Å². The lowest BCUT2D eigenvalue weighted by molar-refractivity contribution is -0.153. The van der Waals surface area contributed by atoms with Crippen LogP contribution in [0, 0.1) is 5.92 Å². The van der Waals surface area contributed by atoms with Crippen LogP contribution < -0.4 is 0 Å². The third kappa shape index (κ3) is 2.94. The van der Waals surface area contributed by atoms with Crippen molar-refractivity contribution in [3.8, 4) is 0 Å². The quantitative estimate of drug-likeness (QED) is 0.796. The molecule has 0 bridgehead atoms. The number of piperidine rings is 1. The number of hydrogen-bond donors (Lipinski definition) is 1. The van der Waals surface area contributed by atoms with Crippen molar-refractivity contribution < 1.29 is 14.7 Å². The molecule has 1 amide bonds. The molecule has 2 unspecified atom stereocenters. The van der Waals surface area contributed by atoms with Crippen molar-refractivity contribution >= 4 is 55.1 Å². The number of carboxylic acid groups (broad SMARTS) is 1. The molecule has 110 valence electrons. The predicted molar refractivity (Wildman–Crippen MR) is 84.8 cm³/mol. The van der Waals surface area contributed by atoms with Crippen molar-refractivity contribution in [1.82, 2.24) is 4.90 Å². The Bertz CT molecular complexity index is 524. The number of thiophene rings is 1. The molecule has 2 heterocycles. The van der Waals surface area contributed by atoms with Crippen LogP contribution in [0.5, 0.6) is 0 Å². The standard InChI is InChI=1S/C13H15Br2NO3S/c1-6(2)16-10(17)4-3-7(13(18)19)11(16)9-5-8(14)12(15)20-9/h5-7,11H,3-4H2,1-2H3,(H,18,19). The third-order valence-electron chi connectivity index (χ3n) is 3.47. The van der Waals surface area contributed by atoms with Crippen LogP contribution in [0.15, 0.2) is 14.3 Å². The van der Waals surface area contributed by atoms with Gasteiger partial charge in [0.15, 0.2) is 0 Å². The van der Waals surface area contributed by atoms with Crippen LogP contribution in [0.25, 0.3) is 0 Å². The van der Waals surface area contributed by atoms with Gasteiger partial charge < -0.3 is 10.0 Å². The smallest absolute Gasteiger partial charge is 0.308 e. The molecule has 1 saturated heterocycles. The van der Waals surface area contributed by atoms with Crippen LogP contribution in [0.2, 0.25) is 0 Å². The molecule has 0 aromatic carbocycles. The second-order valence-electron chi connectivity index (χ2n) is 5.09. The Morgan fingerprint density at radius 2 is 2.15 bits per heavy atom. The Labute approximate surface area is 138 Å². The summed E-state index contributed by atoms with van der Waals surface area (Å²) < 4.78 is 1.81. The van der Waals surface area contributed by atoms with Crippen molar-refractivity contribution in [2.75, 3.05) is 0 Å². The monoisotopic (exact) mass is 423 g/mol. The van der Waals surface area contributed by atoms with Gasteiger partial charge in [0.25, 0.3) is 0 Å². The molecule has 1 fully saturated rings. The van der Waals surface area contributed by atoms with Gasteiger partial charge in [-0.05, 0) is 58.2 Å². The van der Waals surface area contributed by atoms with E-state index in [-0.39, 0.29) is 18.0 Å². The second-order valence-corrected chi connectivity index (χ2v) is 8.35. The zero-order chi connectivity index (χ0) is 15.0. The fraction of sp³-hybridized carbons (Fsp3) is 0.538. The average molecular weight is 425 g/mol. The first kappa shape index (κ1) is 16.0. The Kier molecular flexibility index (Phi) is 4.92. The fourth-order valence-electron chi connectivity index (χ4n) is 2.63. The van der Waals surface area contributed by atoms with Crippen LogP contribution in [0.4, 0.5) is 0 Å². The average Bonchev–Trinajstić information content (AvgIpc) is 2.68. The fourth-order valence-corrected chi connectivity index (χ4v) is 4.88. The van der Waals surface area contributed by atoms with Gasteiger partial charge in [0, 0.05) is 21.8 Å². The maximum atomic E-state index is 12.2. The molecular formula is C13H15Br2NO3S. The normalized spacial score (nSPS) is 23.4. The number of halogens is 2. The molecule has 7 heteroatoms. The molecule has 0 aliphatic carbocycles. The highest BCUT2D eigenvalue weighted by atomic mass is 79.9. The summed E-state index contributed by atoms with van der Waals surface area (Å²) in [6.07, 6.45) is 0.703. The first-order chi connectivity index (χ1) is 9.32. The first-order valence-electron chi connectivity index (χ1n) is 6.31. The number of rotatable bonds is 3. The molecule has 1 aliphatic rings. The minimum Gasteiger partial charge on any atom is -0.481 e. The highest BCUT2D eigenvalue weighted by Crippen LogP contribution is 2.44. The summed E-state index contributed by atoms with van der Waals surface area (Å²) in [5.74, 6) is -1.36. The number of hydrogen-bond acceptors (Lipinski definition) is 3. The molecule has 1 aliphatic heterocycles. The summed E-state index contributed by atoms with van der Waals surface area (Å²) in [6, 6.07) is 1.50. The molecule has 1 N–H and O–H groups in total. The molecule has 0 spiro atoms. The minimum atomic E-state index is -0.839. The summed E-state index contributed by atoms with van der Waals surface area (Å²) >= 11 is 8.33. The Balaban J connectivity index is 2.48. The molecule has 0 radical (unpaired) electrons. The molecule has 0 saturated carbocycles. The highest BCUT2D eigenvalue weighted by Gasteiger charge is 2.42. The van der Waals surface area contributed by atoms with E-state index in [1.165, 1.54) is 11.3 Å². The van der Waals surface area contributed by atoms with E-state index in [9.17, 15) is 14.7 Å². The second kappa shape index (κ2) is 6.15. The van der Waals surface area contributed by atoms with E-state index in [0.29, 0.717) is 12.8 Å². The zero-order valence-electron chi connectivity index (χ0n) is 11.1. The lowest BCUT2D eigenvalue weighted by Crippen LogP contribution is -2.48. The number of carboxylic acids is 1. The lowest BCUT2D eigenvalue weighted by Gasteiger charge is -2.41. The molecule has 1 aromatic rings. The number of likely N-dealkylation sites (tertiary alicyclic amines) is 1. The van der Waals surface area contributed by atoms with Crippen LogP contribution >= 0.6 is 43.2 Å². The SMILES string of the molecule is CC(C)N1C(=O)CCC(C(=O)O)C1c1cc(Br)c(Br)s1. The van der Waals surface area contributed by atoms with Crippen molar-refractivity contribution in [3.63, 3.8) is 0 Å².